The number of carbonyl (C=O) groups is 8. The third-order valence-corrected chi connectivity index (χ3v) is 3.24. The van der Waals surface area contributed by atoms with Gasteiger partial charge in [0.15, 0.2) is 5.60 Å². The number of rotatable bonds is 11. The van der Waals surface area contributed by atoms with E-state index in [1.54, 1.807) is 0 Å². The Bertz CT molecular complexity index is 780. The Hall–Kier alpha value is -4.28. The van der Waals surface area contributed by atoms with Crippen LogP contribution in [0, 0.1) is 0 Å². The van der Waals surface area contributed by atoms with Crippen molar-refractivity contribution in [1.29, 1.82) is 0 Å². The van der Waals surface area contributed by atoms with Crippen LogP contribution in [0.5, 0.6) is 0 Å². The smallest absolute Gasteiger partial charge is 0.481 e. The molecule has 17 nitrogen and oxygen atoms in total. The molecule has 0 saturated heterocycles. The second-order valence-corrected chi connectivity index (χ2v) is 5.69. The number of aliphatic carboxylic acids is 3. The zero-order valence-electron chi connectivity index (χ0n) is 15.0. The Morgan fingerprint density at radius 2 is 1.00 bits per heavy atom. The van der Waals surface area contributed by atoms with E-state index in [1.165, 1.54) is 0 Å². The van der Waals surface area contributed by atoms with Gasteiger partial charge in [-0.25, -0.2) is 19.2 Å². The molecule has 0 saturated carbocycles. The molecule has 0 amide bonds. The van der Waals surface area contributed by atoms with E-state index in [4.69, 9.17) is 20.4 Å². The molecule has 0 rings (SSSR count). The third-order valence-electron chi connectivity index (χ3n) is 3.24. The Labute approximate surface area is 169 Å². The fourth-order valence-corrected chi connectivity index (χ4v) is 2.02. The van der Waals surface area contributed by atoms with Gasteiger partial charge in [-0.15, -0.1) is 0 Å². The van der Waals surface area contributed by atoms with E-state index in [2.05, 4.69) is 14.2 Å². The summed E-state index contributed by atoms with van der Waals surface area (Å²) >= 11 is 0. The van der Waals surface area contributed by atoms with Gasteiger partial charge in [0.05, 0.1) is 25.7 Å². The molecule has 0 heterocycles. The van der Waals surface area contributed by atoms with Gasteiger partial charge < -0.3 is 44.8 Å². The number of esters is 3. The fourth-order valence-electron chi connectivity index (χ4n) is 2.02. The number of aliphatic hydroxyl groups is 1. The summed E-state index contributed by atoms with van der Waals surface area (Å²) in [6.45, 7) is 0. The minimum atomic E-state index is -3.38. The standard InChI is InChI=1S/C14H14O17/c15-5(16)1-13(28,9(20)21)2-8(19)31-14(10(22)23,3-6(17)29-11(24)25)4-7(18)30-12(26)27/h28H,1-4H2,(H,15,16)(H,20,21)(H,22,23)(H,24,25)(H,26,27). The van der Waals surface area contributed by atoms with Crippen LogP contribution in [0.25, 0.3) is 0 Å². The number of carboxylic acid groups (broad SMARTS) is 5. The molecular formula is C14H14O17. The van der Waals surface area contributed by atoms with Crippen LogP contribution < -0.4 is 0 Å². The highest BCUT2D eigenvalue weighted by Crippen LogP contribution is 2.27. The molecule has 0 bridgehead atoms. The monoisotopic (exact) mass is 454 g/mol. The molecule has 0 fully saturated rings. The van der Waals surface area contributed by atoms with Crippen LogP contribution in [0.3, 0.4) is 0 Å². The highest BCUT2D eigenvalue weighted by molar-refractivity contribution is 5.95. The van der Waals surface area contributed by atoms with Crippen molar-refractivity contribution >= 4 is 48.1 Å². The summed E-state index contributed by atoms with van der Waals surface area (Å²) in [5.41, 5.74) is -6.69. The first-order valence-electron chi connectivity index (χ1n) is 7.53. The van der Waals surface area contributed by atoms with Gasteiger partial charge in [-0.3, -0.25) is 19.2 Å². The predicted molar refractivity (Wildman–Crippen MR) is 83.4 cm³/mol. The van der Waals surface area contributed by atoms with Gasteiger partial charge in [0.2, 0.25) is 5.60 Å². The lowest BCUT2D eigenvalue weighted by Gasteiger charge is -2.28. The molecule has 0 aromatic heterocycles. The summed E-state index contributed by atoms with van der Waals surface area (Å²) < 4.78 is 11.6. The largest absolute Gasteiger partial charge is 0.513 e. The topological polar surface area (TPSA) is 286 Å². The van der Waals surface area contributed by atoms with Crippen LogP contribution in [0.1, 0.15) is 25.7 Å². The number of ether oxygens (including phenoxy) is 3. The third kappa shape index (κ3) is 8.73. The van der Waals surface area contributed by atoms with E-state index in [-0.39, 0.29) is 0 Å². The Morgan fingerprint density at radius 3 is 1.29 bits per heavy atom. The quantitative estimate of drug-likeness (QED) is 0.115. The van der Waals surface area contributed by atoms with Crippen molar-refractivity contribution in [3.63, 3.8) is 0 Å². The van der Waals surface area contributed by atoms with Gasteiger partial charge in [-0.05, 0) is 0 Å². The molecule has 17 heteroatoms. The highest BCUT2D eigenvalue weighted by Gasteiger charge is 2.50. The first-order chi connectivity index (χ1) is 14.0. The van der Waals surface area contributed by atoms with E-state index in [0.717, 1.165) is 0 Å². The second kappa shape index (κ2) is 10.5. The maximum absolute atomic E-state index is 12.0. The maximum Gasteiger partial charge on any atom is 0.513 e. The zero-order valence-corrected chi connectivity index (χ0v) is 15.0. The molecule has 1 unspecified atom stereocenters. The molecule has 1 atom stereocenters. The minimum Gasteiger partial charge on any atom is -0.481 e. The van der Waals surface area contributed by atoms with Gasteiger partial charge in [-0.1, -0.05) is 0 Å². The van der Waals surface area contributed by atoms with E-state index in [0.29, 0.717) is 0 Å². The molecule has 0 aliphatic rings. The van der Waals surface area contributed by atoms with E-state index < -0.39 is 85.0 Å². The van der Waals surface area contributed by atoms with Gasteiger partial charge in [0.25, 0.3) is 0 Å². The summed E-state index contributed by atoms with van der Waals surface area (Å²) in [5, 5.41) is 53.4. The molecule has 6 N–H and O–H groups in total. The van der Waals surface area contributed by atoms with Crippen LogP contribution in [-0.2, 0) is 43.0 Å². The number of carbonyl (C=O) groups excluding carboxylic acids is 3. The van der Waals surface area contributed by atoms with Gasteiger partial charge in [0, 0.05) is 0 Å². The van der Waals surface area contributed by atoms with Gasteiger partial charge >= 0.3 is 48.1 Å². The van der Waals surface area contributed by atoms with Crippen LogP contribution in [-0.4, -0.2) is 90.0 Å². The van der Waals surface area contributed by atoms with Crippen molar-refractivity contribution < 1.29 is 83.2 Å². The SMILES string of the molecule is O=C(O)CC(O)(CC(=O)OC(CC(=O)OC(=O)O)(CC(=O)OC(=O)O)C(=O)O)C(=O)O. The molecule has 0 aliphatic heterocycles. The average Bonchev–Trinajstić information content (AvgIpc) is 2.50. The zero-order chi connectivity index (χ0) is 24.6. The van der Waals surface area contributed by atoms with Gasteiger partial charge in [-0.2, -0.15) is 0 Å². The van der Waals surface area contributed by atoms with Crippen LogP contribution in [0.15, 0.2) is 0 Å². The van der Waals surface area contributed by atoms with Crippen molar-refractivity contribution in [2.24, 2.45) is 0 Å². The lowest BCUT2D eigenvalue weighted by Crippen LogP contribution is -2.50. The van der Waals surface area contributed by atoms with Crippen molar-refractivity contribution in [2.75, 3.05) is 0 Å². The number of hydrogen-bond acceptors (Lipinski definition) is 12. The number of hydrogen-bond donors (Lipinski definition) is 6. The van der Waals surface area contributed by atoms with Crippen LogP contribution in [0.2, 0.25) is 0 Å². The Morgan fingerprint density at radius 1 is 0.581 bits per heavy atom. The molecular weight excluding hydrogens is 440 g/mol. The summed E-state index contributed by atoms with van der Waals surface area (Å²) in [6.07, 6.45) is -11.1. The first kappa shape index (κ1) is 26.7. The summed E-state index contributed by atoms with van der Waals surface area (Å²) in [4.78, 5) is 89.3. The van der Waals surface area contributed by atoms with E-state index in [1.807, 2.05) is 0 Å². The lowest BCUT2D eigenvalue weighted by atomic mass is 9.93. The number of carboxylic acids is 3. The maximum atomic E-state index is 12.0. The molecule has 0 aromatic rings. The molecule has 0 aliphatic carbocycles. The van der Waals surface area contributed by atoms with Crippen molar-refractivity contribution in [3.8, 4) is 0 Å². The summed E-state index contributed by atoms with van der Waals surface area (Å²) in [7, 11) is 0. The normalized spacial score (nSPS) is 12.5. The predicted octanol–water partition coefficient (Wildman–Crippen LogP) is -1.74. The Kier molecular flexibility index (Phi) is 9.04. The fraction of sp³-hybridized carbons (Fsp3) is 0.429. The lowest BCUT2D eigenvalue weighted by molar-refractivity contribution is -0.191. The molecule has 31 heavy (non-hydrogen) atoms. The van der Waals surface area contributed by atoms with Crippen LogP contribution >= 0.6 is 0 Å². The van der Waals surface area contributed by atoms with Crippen molar-refractivity contribution in [3.05, 3.63) is 0 Å². The first-order valence-corrected chi connectivity index (χ1v) is 7.53. The van der Waals surface area contributed by atoms with Gasteiger partial charge in [0.1, 0.15) is 0 Å². The van der Waals surface area contributed by atoms with Crippen LogP contribution in [0.4, 0.5) is 9.59 Å². The summed E-state index contributed by atoms with van der Waals surface area (Å²) in [5.74, 6) is -12.2. The second-order valence-electron chi connectivity index (χ2n) is 5.69. The molecule has 0 aromatic carbocycles. The average molecular weight is 454 g/mol. The van der Waals surface area contributed by atoms with E-state index in [9.17, 15) is 48.6 Å². The highest BCUT2D eigenvalue weighted by atomic mass is 16.7. The molecule has 0 radical (unpaired) electrons. The minimum absolute atomic E-state index is 1.56. The van der Waals surface area contributed by atoms with E-state index >= 15 is 0 Å². The van der Waals surface area contributed by atoms with Crippen molar-refractivity contribution in [2.45, 2.75) is 36.9 Å². The van der Waals surface area contributed by atoms with Crippen molar-refractivity contribution in [1.82, 2.24) is 0 Å². The summed E-state index contributed by atoms with van der Waals surface area (Å²) in [6, 6.07) is 0. The molecule has 172 valence electrons. The molecule has 0 spiro atoms. The Balaban J connectivity index is 5.98.